The van der Waals surface area contributed by atoms with Crippen LogP contribution in [0, 0.1) is 30.3 Å². The van der Waals surface area contributed by atoms with Gasteiger partial charge in [0.2, 0.25) is 17.4 Å². The number of β-lactam (4-membered cyclic amide) rings is 1. The summed E-state index contributed by atoms with van der Waals surface area (Å²) in [5.41, 5.74) is -0.649. The van der Waals surface area contributed by atoms with E-state index in [1.165, 1.54) is 78.2 Å². The number of amides is 1. The first-order chi connectivity index (χ1) is 33.8. The predicted molar refractivity (Wildman–Crippen MR) is 251 cm³/mol. The SMILES string of the molecule is O=C(OCc1ccc([N+](=O)[O-])cc1)C(C(=O)OCc1ccc([N+](=O)[O-])cc1)N1CC(C(=O)OCc2ccc([N+](=O)[O-])cc2)(c2csc(NC(c3ccccc3)(c3ccccc3)c3ccccc3)n2)C1=O. The standard InChI is InChI=1S/C50H38N6O13S/c57-44(67-28-33-16-22-39(23-17-33)54(61)62)43(45(58)68-29-34-18-24-40(25-19-34)55(63)64)53-32-49(46(53)59,47(60)69-30-35-20-26-41(27-21-35)56(65)66)42-31-70-48(51-42)52-50(36-10-4-1-5-11-36,37-12-6-2-7-13-37)38-14-8-3-9-15-38/h1-27,31,43H,28-30,32H2,(H,51,52). The highest BCUT2D eigenvalue weighted by Crippen LogP contribution is 2.44. The number of carbonyl (C=O) groups excluding carboxylic acids is 4. The predicted octanol–water partition coefficient (Wildman–Crippen LogP) is 7.95. The lowest BCUT2D eigenvalue weighted by Crippen LogP contribution is -2.73. The number of non-ortho nitro benzene ring substituents is 3. The van der Waals surface area contributed by atoms with Crippen LogP contribution in [0.2, 0.25) is 0 Å². The highest BCUT2D eigenvalue weighted by molar-refractivity contribution is 7.13. The van der Waals surface area contributed by atoms with E-state index in [0.29, 0.717) is 16.7 Å². The molecule has 19 nitrogen and oxygen atoms in total. The van der Waals surface area contributed by atoms with E-state index in [0.717, 1.165) is 32.9 Å². The van der Waals surface area contributed by atoms with Gasteiger partial charge in [0, 0.05) is 41.8 Å². The largest absolute Gasteiger partial charge is 0.460 e. The molecule has 1 N–H and O–H groups in total. The van der Waals surface area contributed by atoms with Gasteiger partial charge in [0.15, 0.2) is 5.13 Å². The van der Waals surface area contributed by atoms with Gasteiger partial charge in [0.1, 0.15) is 25.4 Å². The van der Waals surface area contributed by atoms with E-state index in [-0.39, 0.29) is 27.9 Å². The number of likely N-dealkylation sites (tertiary alicyclic amines) is 1. The zero-order valence-corrected chi connectivity index (χ0v) is 37.3. The Morgan fingerprint density at radius 2 is 0.971 bits per heavy atom. The quantitative estimate of drug-likeness (QED) is 0.0153. The highest BCUT2D eigenvalue weighted by atomic mass is 32.1. The number of benzene rings is 6. The molecule has 1 aromatic heterocycles. The van der Waals surface area contributed by atoms with Crippen LogP contribution in [0.3, 0.4) is 0 Å². The van der Waals surface area contributed by atoms with Gasteiger partial charge in [-0.3, -0.25) is 39.9 Å². The molecule has 0 spiro atoms. The number of nitrogens with one attached hydrogen (secondary N) is 1. The number of nitrogens with zero attached hydrogens (tertiary/aromatic N) is 5. The summed E-state index contributed by atoms with van der Waals surface area (Å²) in [5, 5.41) is 39.1. The number of nitro groups is 3. The monoisotopic (exact) mass is 962 g/mol. The molecule has 0 saturated carbocycles. The minimum atomic E-state index is -2.26. The molecular weight excluding hydrogens is 925 g/mol. The number of esters is 3. The van der Waals surface area contributed by atoms with Crippen LogP contribution >= 0.6 is 11.3 Å². The molecule has 1 amide bonds. The van der Waals surface area contributed by atoms with Gasteiger partial charge in [-0.2, -0.15) is 0 Å². The molecule has 0 radical (unpaired) electrons. The van der Waals surface area contributed by atoms with E-state index < -0.39 is 81.9 Å². The fourth-order valence-corrected chi connectivity index (χ4v) is 8.74. The van der Waals surface area contributed by atoms with Crippen LogP contribution in [0.1, 0.15) is 39.1 Å². The summed E-state index contributed by atoms with van der Waals surface area (Å²) in [6, 6.07) is 41.9. The molecule has 1 aliphatic heterocycles. The molecular formula is C50H38N6O13S. The van der Waals surface area contributed by atoms with Crippen LogP contribution in [0.5, 0.6) is 0 Å². The topological polar surface area (TPSA) is 254 Å². The van der Waals surface area contributed by atoms with Crippen molar-refractivity contribution in [1.29, 1.82) is 0 Å². The average Bonchev–Trinajstić information content (AvgIpc) is 3.86. The van der Waals surface area contributed by atoms with Gasteiger partial charge in [-0.05, 0) is 69.8 Å². The molecule has 2 heterocycles. The number of carbonyl (C=O) groups is 4. The van der Waals surface area contributed by atoms with Crippen LogP contribution in [-0.4, -0.2) is 61.1 Å². The van der Waals surface area contributed by atoms with E-state index >= 15 is 0 Å². The van der Waals surface area contributed by atoms with E-state index in [2.05, 4.69) is 5.32 Å². The van der Waals surface area contributed by atoms with Crippen LogP contribution in [0.25, 0.3) is 0 Å². The molecule has 20 heteroatoms. The summed E-state index contributed by atoms with van der Waals surface area (Å²) in [5.74, 6) is -4.73. The Morgan fingerprint density at radius 3 is 1.33 bits per heavy atom. The van der Waals surface area contributed by atoms with Crippen LogP contribution < -0.4 is 5.32 Å². The van der Waals surface area contributed by atoms with Crippen molar-refractivity contribution in [3.05, 3.63) is 239 Å². The van der Waals surface area contributed by atoms with Gasteiger partial charge < -0.3 is 24.4 Å². The van der Waals surface area contributed by atoms with Gasteiger partial charge in [-0.15, -0.1) is 11.3 Å². The lowest BCUT2D eigenvalue weighted by molar-refractivity contribution is -0.385. The second kappa shape index (κ2) is 20.4. The molecule has 1 saturated heterocycles. The van der Waals surface area contributed by atoms with Crippen molar-refractivity contribution in [1.82, 2.24) is 9.88 Å². The highest BCUT2D eigenvalue weighted by Gasteiger charge is 2.65. The number of hydrogen-bond acceptors (Lipinski definition) is 16. The second-order valence-electron chi connectivity index (χ2n) is 15.8. The molecule has 0 aliphatic carbocycles. The average molecular weight is 963 g/mol. The van der Waals surface area contributed by atoms with Crippen LogP contribution in [-0.2, 0) is 64.2 Å². The normalized spacial score (nSPS) is 14.2. The Morgan fingerprint density at radius 1 is 0.600 bits per heavy atom. The molecule has 1 unspecified atom stereocenters. The van der Waals surface area contributed by atoms with Gasteiger partial charge in [0.05, 0.1) is 27.0 Å². The Kier molecular flexibility index (Phi) is 13.8. The molecule has 8 rings (SSSR count). The van der Waals surface area contributed by atoms with E-state index in [1.54, 1.807) is 0 Å². The number of aromatic nitrogens is 1. The maximum atomic E-state index is 15.0. The van der Waals surface area contributed by atoms with Crippen molar-refractivity contribution >= 4 is 57.3 Å². The summed E-state index contributed by atoms with van der Waals surface area (Å²) in [4.78, 5) is 95.2. The molecule has 6 aromatic carbocycles. The zero-order chi connectivity index (χ0) is 49.4. The summed E-state index contributed by atoms with van der Waals surface area (Å²) in [7, 11) is 0. The minimum Gasteiger partial charge on any atom is -0.460 e. The number of rotatable bonds is 19. The minimum absolute atomic E-state index is 0.0877. The third-order valence-corrected chi connectivity index (χ3v) is 12.3. The summed E-state index contributed by atoms with van der Waals surface area (Å²) < 4.78 is 16.7. The van der Waals surface area contributed by atoms with Crippen LogP contribution in [0.15, 0.2) is 169 Å². The molecule has 70 heavy (non-hydrogen) atoms. The second-order valence-corrected chi connectivity index (χ2v) is 16.7. The van der Waals surface area contributed by atoms with Crippen molar-refractivity contribution < 1.29 is 48.2 Å². The Hall–Kier alpha value is -9.17. The van der Waals surface area contributed by atoms with Gasteiger partial charge in [-0.1, -0.05) is 91.0 Å². The number of anilines is 1. The van der Waals surface area contributed by atoms with E-state index in [9.17, 15) is 49.5 Å². The number of hydrogen-bond donors (Lipinski definition) is 1. The van der Waals surface area contributed by atoms with E-state index in [4.69, 9.17) is 19.2 Å². The fourth-order valence-electron chi connectivity index (χ4n) is 7.90. The molecule has 0 bridgehead atoms. The number of thiazole rings is 1. The molecule has 7 aromatic rings. The Labute approximate surface area is 401 Å². The zero-order valence-electron chi connectivity index (χ0n) is 36.5. The van der Waals surface area contributed by atoms with Gasteiger partial charge in [-0.25, -0.2) is 14.6 Å². The van der Waals surface area contributed by atoms with Crippen molar-refractivity contribution in [2.75, 3.05) is 11.9 Å². The fraction of sp³-hybridized carbons (Fsp3) is 0.140. The van der Waals surface area contributed by atoms with Crippen molar-refractivity contribution in [2.24, 2.45) is 0 Å². The lowest BCUT2D eigenvalue weighted by Gasteiger charge is -2.47. The molecule has 1 atom stereocenters. The third kappa shape index (κ3) is 9.64. The maximum Gasteiger partial charge on any atom is 0.341 e. The smallest absolute Gasteiger partial charge is 0.341 e. The molecule has 1 aliphatic rings. The lowest BCUT2D eigenvalue weighted by atomic mass is 9.75. The summed E-state index contributed by atoms with van der Waals surface area (Å²) in [6.45, 7) is -2.06. The first-order valence-electron chi connectivity index (χ1n) is 21.2. The Bertz CT molecular complexity index is 2900. The summed E-state index contributed by atoms with van der Waals surface area (Å²) >= 11 is 1.08. The van der Waals surface area contributed by atoms with Crippen LogP contribution in [0.4, 0.5) is 22.2 Å². The van der Waals surface area contributed by atoms with Gasteiger partial charge in [0.25, 0.3) is 17.1 Å². The first kappa shape index (κ1) is 47.3. The van der Waals surface area contributed by atoms with Crippen molar-refractivity contribution in [3.8, 4) is 0 Å². The first-order valence-corrected chi connectivity index (χ1v) is 22.1. The molecule has 352 valence electrons. The summed E-state index contributed by atoms with van der Waals surface area (Å²) in [6.07, 6.45) is 0. The van der Waals surface area contributed by atoms with Crippen molar-refractivity contribution in [3.63, 3.8) is 0 Å². The number of nitro benzene ring substituents is 3. The maximum absolute atomic E-state index is 15.0. The van der Waals surface area contributed by atoms with E-state index in [1.807, 2.05) is 91.0 Å². The molecule has 1 fully saturated rings. The van der Waals surface area contributed by atoms with Crippen molar-refractivity contribution in [2.45, 2.75) is 36.8 Å². The Balaban J connectivity index is 1.15. The third-order valence-electron chi connectivity index (χ3n) is 11.6. The number of ether oxygens (including phenoxy) is 3. The van der Waals surface area contributed by atoms with Gasteiger partial charge >= 0.3 is 17.9 Å².